The SMILES string of the molecule is CCCBr.O=P(O)(O)OP(=O)(O)O. The average molecular weight is 301 g/mol. The first kappa shape index (κ1) is 16.2. The Kier molecular flexibility index (Phi) is 8.82. The lowest BCUT2D eigenvalue weighted by molar-refractivity contribution is 0.225. The molecule has 0 fully saturated rings. The van der Waals surface area contributed by atoms with Crippen LogP contribution in [0.4, 0.5) is 0 Å². The Morgan fingerprint density at radius 1 is 1.15 bits per heavy atom. The molecule has 0 aliphatic rings. The van der Waals surface area contributed by atoms with Gasteiger partial charge in [-0.3, -0.25) is 0 Å². The van der Waals surface area contributed by atoms with Crippen molar-refractivity contribution in [3.8, 4) is 0 Å². The van der Waals surface area contributed by atoms with Gasteiger partial charge in [0.2, 0.25) is 0 Å². The second-order valence-corrected chi connectivity index (χ2v) is 5.16. The quantitative estimate of drug-likeness (QED) is 0.452. The van der Waals surface area contributed by atoms with Crippen molar-refractivity contribution in [2.45, 2.75) is 13.3 Å². The second kappa shape index (κ2) is 7.09. The Hall–Kier alpha value is 0.740. The zero-order valence-electron chi connectivity index (χ0n) is 6.70. The molecule has 0 heterocycles. The van der Waals surface area contributed by atoms with Crippen LogP contribution in [0.5, 0.6) is 0 Å². The Morgan fingerprint density at radius 2 is 1.38 bits per heavy atom. The van der Waals surface area contributed by atoms with E-state index >= 15 is 0 Å². The van der Waals surface area contributed by atoms with E-state index in [-0.39, 0.29) is 0 Å². The lowest BCUT2D eigenvalue weighted by Gasteiger charge is -2.03. The maximum atomic E-state index is 9.63. The van der Waals surface area contributed by atoms with Gasteiger partial charge in [-0.1, -0.05) is 22.9 Å². The summed E-state index contributed by atoms with van der Waals surface area (Å²) in [6, 6.07) is 0. The van der Waals surface area contributed by atoms with Crippen LogP contribution in [-0.2, 0) is 13.4 Å². The first-order valence-corrected chi connectivity index (χ1v) is 7.19. The number of halogens is 1. The standard InChI is InChI=1S/C3H7Br.H4O7P2/c1-2-3-4;1-8(2,3)7-9(4,5)6/h2-3H2,1H3;(H2,1,2,3)(H2,4,5,6). The molecule has 82 valence electrons. The van der Waals surface area contributed by atoms with Crippen molar-refractivity contribution in [2.24, 2.45) is 0 Å². The van der Waals surface area contributed by atoms with E-state index in [1.165, 1.54) is 6.42 Å². The molecule has 0 amide bonds. The number of hydrogen-bond acceptors (Lipinski definition) is 3. The highest BCUT2D eigenvalue weighted by Crippen LogP contribution is 2.53. The van der Waals surface area contributed by atoms with Crippen molar-refractivity contribution in [3.05, 3.63) is 0 Å². The average Bonchev–Trinajstić information content (AvgIpc) is 1.80. The van der Waals surface area contributed by atoms with Crippen molar-refractivity contribution in [1.82, 2.24) is 0 Å². The van der Waals surface area contributed by atoms with Crippen LogP contribution in [0.1, 0.15) is 13.3 Å². The van der Waals surface area contributed by atoms with E-state index in [1.807, 2.05) is 0 Å². The van der Waals surface area contributed by atoms with E-state index in [2.05, 4.69) is 27.2 Å². The van der Waals surface area contributed by atoms with Crippen LogP contribution in [0.15, 0.2) is 0 Å². The molecule has 10 heteroatoms. The van der Waals surface area contributed by atoms with E-state index in [4.69, 9.17) is 19.6 Å². The van der Waals surface area contributed by atoms with Gasteiger partial charge in [-0.25, -0.2) is 9.13 Å². The number of phosphoric acid groups is 2. The third kappa shape index (κ3) is 24.5. The Labute approximate surface area is 83.7 Å². The predicted molar refractivity (Wildman–Crippen MR) is 49.3 cm³/mol. The molecule has 13 heavy (non-hydrogen) atoms. The summed E-state index contributed by atoms with van der Waals surface area (Å²) in [6.07, 6.45) is 1.24. The third-order valence-corrected chi connectivity index (χ3v) is 2.90. The molecule has 0 bridgehead atoms. The number of alkyl halides is 1. The summed E-state index contributed by atoms with van der Waals surface area (Å²) in [5.41, 5.74) is 0. The summed E-state index contributed by atoms with van der Waals surface area (Å²) < 4.78 is 22.2. The van der Waals surface area contributed by atoms with Gasteiger partial charge in [-0.05, 0) is 6.42 Å². The van der Waals surface area contributed by atoms with Crippen LogP contribution in [0, 0.1) is 0 Å². The van der Waals surface area contributed by atoms with Gasteiger partial charge in [-0.15, -0.1) is 0 Å². The lowest BCUT2D eigenvalue weighted by atomic mass is 10.6. The van der Waals surface area contributed by atoms with E-state index in [9.17, 15) is 9.13 Å². The summed E-state index contributed by atoms with van der Waals surface area (Å²) in [6.45, 7) is 2.13. The van der Waals surface area contributed by atoms with Crippen LogP contribution in [-0.4, -0.2) is 24.9 Å². The highest BCUT2D eigenvalue weighted by Gasteiger charge is 2.27. The number of rotatable bonds is 3. The van der Waals surface area contributed by atoms with Crippen molar-refractivity contribution in [2.75, 3.05) is 5.33 Å². The van der Waals surface area contributed by atoms with Crippen molar-refractivity contribution < 1.29 is 33.0 Å². The fourth-order valence-corrected chi connectivity index (χ4v) is 1.25. The van der Waals surface area contributed by atoms with Crippen LogP contribution in [0.2, 0.25) is 0 Å². The lowest BCUT2D eigenvalue weighted by Crippen LogP contribution is -1.84. The molecule has 0 aromatic heterocycles. The Bertz CT molecular complexity index is 184. The molecule has 0 spiro atoms. The smallest absolute Gasteiger partial charge is 0.302 e. The number of hydrogen-bond donors (Lipinski definition) is 4. The molecular formula is C3H11BrO7P2. The highest BCUT2D eigenvalue weighted by molar-refractivity contribution is 9.09. The molecule has 0 atom stereocenters. The molecule has 4 N–H and O–H groups in total. The van der Waals surface area contributed by atoms with Gasteiger partial charge in [0, 0.05) is 5.33 Å². The highest BCUT2D eigenvalue weighted by atomic mass is 79.9. The first-order valence-electron chi connectivity index (χ1n) is 3.00. The van der Waals surface area contributed by atoms with Gasteiger partial charge < -0.3 is 19.6 Å². The zero-order valence-corrected chi connectivity index (χ0v) is 10.1. The molecule has 0 radical (unpaired) electrons. The van der Waals surface area contributed by atoms with Crippen LogP contribution in [0.3, 0.4) is 0 Å². The molecule has 0 aromatic carbocycles. The molecule has 0 rings (SSSR count). The van der Waals surface area contributed by atoms with E-state index in [0.29, 0.717) is 0 Å². The minimum Gasteiger partial charge on any atom is -0.302 e. The topological polar surface area (TPSA) is 124 Å². The van der Waals surface area contributed by atoms with E-state index in [1.54, 1.807) is 0 Å². The van der Waals surface area contributed by atoms with E-state index in [0.717, 1.165) is 5.33 Å². The predicted octanol–water partition coefficient (Wildman–Crippen LogP) is 0.980. The molecule has 0 aliphatic carbocycles. The maximum absolute atomic E-state index is 9.63. The fourth-order valence-electron chi connectivity index (χ4n) is 0.139. The summed E-state index contributed by atoms with van der Waals surface area (Å²) in [5, 5.41) is 1.13. The van der Waals surface area contributed by atoms with Crippen LogP contribution >= 0.6 is 31.6 Å². The largest absolute Gasteiger partial charge is 0.478 e. The molecular weight excluding hydrogens is 290 g/mol. The van der Waals surface area contributed by atoms with Gasteiger partial charge in [-0.2, -0.15) is 4.31 Å². The van der Waals surface area contributed by atoms with Crippen LogP contribution < -0.4 is 0 Å². The van der Waals surface area contributed by atoms with Gasteiger partial charge in [0.25, 0.3) is 0 Å². The van der Waals surface area contributed by atoms with E-state index < -0.39 is 15.6 Å². The summed E-state index contributed by atoms with van der Waals surface area (Å²) >= 11 is 3.25. The fraction of sp³-hybridized carbons (Fsp3) is 1.00. The van der Waals surface area contributed by atoms with Crippen molar-refractivity contribution in [3.63, 3.8) is 0 Å². The summed E-state index contributed by atoms with van der Waals surface area (Å²) in [5.74, 6) is 0. The summed E-state index contributed by atoms with van der Waals surface area (Å²) in [7, 11) is -10.1. The third-order valence-electron chi connectivity index (χ3n) is 0.402. The van der Waals surface area contributed by atoms with Crippen LogP contribution in [0.25, 0.3) is 0 Å². The van der Waals surface area contributed by atoms with Gasteiger partial charge in [0.1, 0.15) is 0 Å². The Morgan fingerprint density at radius 3 is 1.38 bits per heavy atom. The minimum atomic E-state index is -5.05. The van der Waals surface area contributed by atoms with Crippen molar-refractivity contribution >= 4 is 31.6 Å². The van der Waals surface area contributed by atoms with Crippen molar-refractivity contribution in [1.29, 1.82) is 0 Å². The zero-order chi connectivity index (χ0) is 11.1. The molecule has 0 saturated carbocycles. The van der Waals surface area contributed by atoms with Gasteiger partial charge in [0.15, 0.2) is 0 Å². The Balaban J connectivity index is 0. The first-order chi connectivity index (χ1) is 5.62. The molecule has 0 aliphatic heterocycles. The van der Waals surface area contributed by atoms with Gasteiger partial charge >= 0.3 is 15.6 Å². The minimum absolute atomic E-state index is 1.13. The second-order valence-electron chi connectivity index (χ2n) is 1.75. The summed E-state index contributed by atoms with van der Waals surface area (Å²) in [4.78, 5) is 31.0. The normalized spacial score (nSPS) is 11.8. The molecule has 0 unspecified atom stereocenters. The molecule has 0 aromatic rings. The van der Waals surface area contributed by atoms with Gasteiger partial charge in [0.05, 0.1) is 0 Å². The molecule has 0 saturated heterocycles. The monoisotopic (exact) mass is 300 g/mol. The maximum Gasteiger partial charge on any atom is 0.478 e. The molecule has 7 nitrogen and oxygen atoms in total.